The molecule has 1 aliphatic heterocycles. The van der Waals surface area contributed by atoms with Gasteiger partial charge in [0.05, 0.1) is 10.6 Å². The maximum Gasteiger partial charge on any atom is 0.257 e. The summed E-state index contributed by atoms with van der Waals surface area (Å²) in [6.45, 7) is 6.15. The van der Waals surface area contributed by atoms with Crippen LogP contribution in [-0.4, -0.2) is 44.0 Å². The predicted octanol–water partition coefficient (Wildman–Crippen LogP) is 4.31. The predicted molar refractivity (Wildman–Crippen MR) is 105 cm³/mol. The van der Waals surface area contributed by atoms with Gasteiger partial charge in [0.15, 0.2) is 0 Å². The summed E-state index contributed by atoms with van der Waals surface area (Å²) in [4.78, 5) is 17.2. The number of benzene rings is 2. The third kappa shape index (κ3) is 4.27. The van der Waals surface area contributed by atoms with Gasteiger partial charge in [0.2, 0.25) is 0 Å². The molecule has 0 unspecified atom stereocenters. The highest BCUT2D eigenvalue weighted by atomic mass is 35.5. The van der Waals surface area contributed by atoms with Gasteiger partial charge in [-0.2, -0.15) is 0 Å². The summed E-state index contributed by atoms with van der Waals surface area (Å²) < 4.78 is 0. The smallest absolute Gasteiger partial charge is 0.257 e. The number of piperazine rings is 1. The van der Waals surface area contributed by atoms with Gasteiger partial charge in [-0.25, -0.2) is 0 Å². The molecular formula is C19H21Cl2N3O. The molecule has 1 fully saturated rings. The minimum absolute atomic E-state index is 0.239. The Morgan fingerprint density at radius 3 is 2.40 bits per heavy atom. The van der Waals surface area contributed by atoms with Crippen LogP contribution in [0.15, 0.2) is 36.4 Å². The van der Waals surface area contributed by atoms with Gasteiger partial charge in [0, 0.05) is 42.6 Å². The molecule has 6 heteroatoms. The number of nitrogens with zero attached hydrogens (tertiary/aromatic N) is 2. The molecule has 2 aromatic carbocycles. The minimum atomic E-state index is -0.239. The Labute approximate surface area is 158 Å². The van der Waals surface area contributed by atoms with E-state index in [-0.39, 0.29) is 5.91 Å². The Kier molecular flexibility index (Phi) is 5.52. The summed E-state index contributed by atoms with van der Waals surface area (Å²) in [7, 11) is 2.14. The number of carbonyl (C=O) groups is 1. The van der Waals surface area contributed by atoms with Gasteiger partial charge >= 0.3 is 0 Å². The molecule has 1 amide bonds. The molecule has 25 heavy (non-hydrogen) atoms. The second-order valence-corrected chi connectivity index (χ2v) is 7.21. The van der Waals surface area contributed by atoms with Crippen LogP contribution < -0.4 is 10.2 Å². The van der Waals surface area contributed by atoms with E-state index in [1.165, 1.54) is 5.69 Å². The number of nitrogens with one attached hydrogen (secondary N) is 1. The van der Waals surface area contributed by atoms with Crippen LogP contribution >= 0.6 is 23.2 Å². The Balaban J connectivity index is 1.74. The number of rotatable bonds is 3. The monoisotopic (exact) mass is 377 g/mol. The van der Waals surface area contributed by atoms with Gasteiger partial charge in [-0.15, -0.1) is 0 Å². The Morgan fingerprint density at radius 2 is 1.76 bits per heavy atom. The summed E-state index contributed by atoms with van der Waals surface area (Å²) >= 11 is 12.0. The molecule has 0 spiro atoms. The maximum atomic E-state index is 12.5. The summed E-state index contributed by atoms with van der Waals surface area (Å²) in [5.41, 5.74) is 3.41. The van der Waals surface area contributed by atoms with Crippen molar-refractivity contribution in [3.8, 4) is 0 Å². The van der Waals surface area contributed by atoms with Crippen LogP contribution in [0.4, 0.5) is 11.4 Å². The molecule has 0 radical (unpaired) electrons. The fourth-order valence-electron chi connectivity index (χ4n) is 2.91. The standard InChI is InChI=1S/C19H21Cl2N3O/c1-13-11-15(24-9-7-23(2)8-10-24)4-6-18(13)22-19(25)16-5-3-14(20)12-17(16)21/h3-6,11-12H,7-10H2,1-2H3,(H,22,25). The summed E-state index contributed by atoms with van der Waals surface area (Å²) in [6.07, 6.45) is 0. The molecule has 1 heterocycles. The van der Waals surface area contributed by atoms with Crippen LogP contribution in [0.2, 0.25) is 10.0 Å². The van der Waals surface area contributed by atoms with Crippen molar-refractivity contribution in [2.24, 2.45) is 0 Å². The van der Waals surface area contributed by atoms with Crippen molar-refractivity contribution in [2.45, 2.75) is 6.92 Å². The number of hydrogen-bond acceptors (Lipinski definition) is 3. The molecule has 1 aliphatic rings. The van der Waals surface area contributed by atoms with Gasteiger partial charge < -0.3 is 15.1 Å². The number of likely N-dealkylation sites (N-methyl/N-ethyl adjacent to an activating group) is 1. The van der Waals surface area contributed by atoms with Gasteiger partial charge in [0.25, 0.3) is 5.91 Å². The molecule has 0 atom stereocenters. The van der Waals surface area contributed by atoms with E-state index in [2.05, 4.69) is 34.3 Å². The average molecular weight is 378 g/mol. The lowest BCUT2D eigenvalue weighted by Crippen LogP contribution is -2.44. The van der Waals surface area contributed by atoms with Crippen LogP contribution in [0.5, 0.6) is 0 Å². The first-order valence-corrected chi connectivity index (χ1v) is 9.00. The van der Waals surface area contributed by atoms with Crippen LogP contribution in [0.1, 0.15) is 15.9 Å². The lowest BCUT2D eigenvalue weighted by atomic mass is 10.1. The zero-order valence-electron chi connectivity index (χ0n) is 14.4. The highest BCUT2D eigenvalue weighted by Gasteiger charge is 2.16. The molecule has 4 nitrogen and oxygen atoms in total. The first-order chi connectivity index (χ1) is 11.9. The largest absolute Gasteiger partial charge is 0.369 e. The lowest BCUT2D eigenvalue weighted by Gasteiger charge is -2.34. The van der Waals surface area contributed by atoms with Crippen molar-refractivity contribution < 1.29 is 4.79 Å². The second kappa shape index (κ2) is 7.65. The molecule has 1 saturated heterocycles. The first kappa shape index (κ1) is 18.1. The number of carbonyl (C=O) groups excluding carboxylic acids is 1. The number of anilines is 2. The fraction of sp³-hybridized carbons (Fsp3) is 0.316. The number of hydrogen-bond donors (Lipinski definition) is 1. The summed E-state index contributed by atoms with van der Waals surface area (Å²) in [6, 6.07) is 11.0. The minimum Gasteiger partial charge on any atom is -0.369 e. The van der Waals surface area contributed by atoms with Crippen molar-refractivity contribution in [3.05, 3.63) is 57.6 Å². The van der Waals surface area contributed by atoms with E-state index >= 15 is 0 Å². The Bertz CT molecular complexity index is 786. The zero-order valence-corrected chi connectivity index (χ0v) is 15.9. The maximum absolute atomic E-state index is 12.5. The molecule has 3 rings (SSSR count). The molecule has 132 valence electrons. The van der Waals surface area contributed by atoms with Crippen LogP contribution in [0.3, 0.4) is 0 Å². The third-order valence-electron chi connectivity index (χ3n) is 4.50. The molecule has 0 bridgehead atoms. The highest BCUT2D eigenvalue weighted by Crippen LogP contribution is 2.26. The van der Waals surface area contributed by atoms with E-state index in [4.69, 9.17) is 23.2 Å². The molecule has 0 aliphatic carbocycles. The molecule has 2 aromatic rings. The van der Waals surface area contributed by atoms with E-state index in [1.807, 2.05) is 13.0 Å². The SMILES string of the molecule is Cc1cc(N2CCN(C)CC2)ccc1NC(=O)c1ccc(Cl)cc1Cl. The van der Waals surface area contributed by atoms with Crippen molar-refractivity contribution in [2.75, 3.05) is 43.4 Å². The fourth-order valence-corrected chi connectivity index (χ4v) is 3.41. The normalized spacial score (nSPS) is 15.3. The van der Waals surface area contributed by atoms with E-state index in [0.717, 1.165) is 37.4 Å². The Morgan fingerprint density at radius 1 is 1.04 bits per heavy atom. The molecular weight excluding hydrogens is 357 g/mol. The van der Waals surface area contributed by atoms with Crippen LogP contribution in [0, 0.1) is 6.92 Å². The van der Waals surface area contributed by atoms with Crippen molar-refractivity contribution in [3.63, 3.8) is 0 Å². The first-order valence-electron chi connectivity index (χ1n) is 8.24. The topological polar surface area (TPSA) is 35.6 Å². The van der Waals surface area contributed by atoms with E-state index in [0.29, 0.717) is 15.6 Å². The average Bonchev–Trinajstić information content (AvgIpc) is 2.57. The van der Waals surface area contributed by atoms with Crippen molar-refractivity contribution >= 4 is 40.5 Å². The van der Waals surface area contributed by atoms with Crippen LogP contribution in [0.25, 0.3) is 0 Å². The summed E-state index contributed by atoms with van der Waals surface area (Å²) in [5.74, 6) is -0.239. The quantitative estimate of drug-likeness (QED) is 0.865. The lowest BCUT2D eigenvalue weighted by molar-refractivity contribution is 0.102. The van der Waals surface area contributed by atoms with Crippen LogP contribution in [-0.2, 0) is 0 Å². The van der Waals surface area contributed by atoms with Gasteiger partial charge in [0.1, 0.15) is 0 Å². The van der Waals surface area contributed by atoms with Gasteiger partial charge in [-0.05, 0) is 55.9 Å². The summed E-state index contributed by atoms with van der Waals surface area (Å²) in [5, 5.41) is 3.78. The second-order valence-electron chi connectivity index (χ2n) is 6.37. The zero-order chi connectivity index (χ0) is 18.0. The van der Waals surface area contributed by atoms with Gasteiger partial charge in [-0.1, -0.05) is 23.2 Å². The van der Waals surface area contributed by atoms with Gasteiger partial charge in [-0.3, -0.25) is 4.79 Å². The van der Waals surface area contributed by atoms with E-state index in [9.17, 15) is 4.79 Å². The van der Waals surface area contributed by atoms with E-state index < -0.39 is 0 Å². The molecule has 1 N–H and O–H groups in total. The number of halogens is 2. The highest BCUT2D eigenvalue weighted by molar-refractivity contribution is 6.37. The molecule has 0 saturated carbocycles. The number of aryl methyl sites for hydroxylation is 1. The third-order valence-corrected chi connectivity index (χ3v) is 5.05. The van der Waals surface area contributed by atoms with E-state index in [1.54, 1.807) is 18.2 Å². The van der Waals surface area contributed by atoms with Crippen molar-refractivity contribution in [1.29, 1.82) is 0 Å². The number of amides is 1. The molecule has 0 aromatic heterocycles. The van der Waals surface area contributed by atoms with Crippen molar-refractivity contribution in [1.82, 2.24) is 4.90 Å². The Hall–Kier alpha value is -1.75.